The largest absolute Gasteiger partial charge is 0.425 e. The first-order chi connectivity index (χ1) is 11.5. The number of nitrogens with zero attached hydrogens (tertiary/aromatic N) is 1. The fourth-order valence-corrected chi connectivity index (χ4v) is 3.51. The number of rotatable bonds is 0. The predicted octanol–water partition coefficient (Wildman–Crippen LogP) is 4.11. The molecular weight excluding hydrogens is 309 g/mol. The first kappa shape index (κ1) is 18.7. The summed E-state index contributed by atoms with van der Waals surface area (Å²) in [7, 11) is 2.14. The molecule has 1 saturated heterocycles. The highest BCUT2D eigenvalue weighted by molar-refractivity contribution is 5.80. The monoisotopic (exact) mass is 337 g/mol. The van der Waals surface area contributed by atoms with E-state index in [-0.39, 0.29) is 0 Å². The molecule has 2 aliphatic heterocycles. The number of hydrogen-bond donors (Lipinski definition) is 0. The molecular formula is C19H28FNO3. The smallest absolute Gasteiger partial charge is 0.397 e. The third-order valence-corrected chi connectivity index (χ3v) is 4.80. The first-order valence-electron chi connectivity index (χ1n) is 8.83. The number of fused-ring (bicyclic) bond motifs is 2. The molecule has 2 fully saturated rings. The lowest BCUT2D eigenvalue weighted by atomic mass is 9.84. The van der Waals surface area contributed by atoms with Gasteiger partial charge in [-0.1, -0.05) is 26.0 Å². The van der Waals surface area contributed by atoms with E-state index < -0.39 is 6.54 Å². The molecule has 0 bridgehead atoms. The van der Waals surface area contributed by atoms with Gasteiger partial charge < -0.3 is 14.4 Å². The summed E-state index contributed by atoms with van der Waals surface area (Å²) in [5.41, 5.74) is 0.891. The molecule has 3 unspecified atom stereocenters. The topological polar surface area (TPSA) is 38.8 Å². The fourth-order valence-electron chi connectivity index (χ4n) is 3.51. The molecule has 4 rings (SSSR count). The summed E-state index contributed by atoms with van der Waals surface area (Å²) in [5.74, 6) is 2.30. The second-order valence-electron chi connectivity index (χ2n) is 6.29. The Labute approximate surface area is 143 Å². The molecule has 2 heterocycles. The van der Waals surface area contributed by atoms with E-state index in [4.69, 9.17) is 9.47 Å². The van der Waals surface area contributed by atoms with Gasteiger partial charge in [0, 0.05) is 18.9 Å². The van der Waals surface area contributed by atoms with Crippen molar-refractivity contribution in [2.24, 2.45) is 5.92 Å². The Hall–Kier alpha value is -1.62. The normalized spacial score (nSPS) is 27.5. The van der Waals surface area contributed by atoms with Gasteiger partial charge in [0.05, 0.1) is 0 Å². The molecule has 24 heavy (non-hydrogen) atoms. The number of alkyl halides is 1. The average molecular weight is 337 g/mol. The van der Waals surface area contributed by atoms with E-state index >= 15 is 0 Å². The van der Waals surface area contributed by atoms with Crippen molar-refractivity contribution in [3.63, 3.8) is 0 Å². The molecule has 134 valence electrons. The zero-order chi connectivity index (χ0) is 17.7. The van der Waals surface area contributed by atoms with Gasteiger partial charge >= 0.3 is 6.54 Å². The lowest BCUT2D eigenvalue weighted by Crippen LogP contribution is -2.35. The van der Waals surface area contributed by atoms with E-state index in [0.717, 1.165) is 30.7 Å². The molecule has 0 N–H and O–H groups in total. The molecule has 5 heteroatoms. The van der Waals surface area contributed by atoms with Gasteiger partial charge in [0.15, 0.2) is 11.5 Å². The number of para-hydroxylation sites is 1. The van der Waals surface area contributed by atoms with Crippen molar-refractivity contribution in [2.45, 2.75) is 59.0 Å². The van der Waals surface area contributed by atoms with Crippen LogP contribution in [0.1, 0.15) is 45.1 Å². The molecule has 0 spiro atoms. The van der Waals surface area contributed by atoms with Gasteiger partial charge in [-0.05, 0) is 50.9 Å². The quantitative estimate of drug-likeness (QED) is 0.714. The molecule has 0 radical (unpaired) electrons. The Morgan fingerprint density at radius 1 is 1.21 bits per heavy atom. The van der Waals surface area contributed by atoms with Crippen LogP contribution in [0.5, 0.6) is 11.5 Å². The summed E-state index contributed by atoms with van der Waals surface area (Å²) >= 11 is 0. The third kappa shape index (κ3) is 4.26. The number of likely N-dealkylation sites (tertiary alicyclic amines) is 1. The Kier molecular flexibility index (Phi) is 6.60. The van der Waals surface area contributed by atoms with E-state index in [1.54, 1.807) is 12.1 Å². The second kappa shape index (κ2) is 8.47. The van der Waals surface area contributed by atoms with Crippen LogP contribution in [-0.4, -0.2) is 36.9 Å². The van der Waals surface area contributed by atoms with Crippen molar-refractivity contribution in [1.29, 1.82) is 0 Å². The number of ketones is 1. The summed E-state index contributed by atoms with van der Waals surface area (Å²) < 4.78 is 21.9. The molecule has 3 aliphatic rings. The number of carbonyl (C=O) groups excluding carboxylic acids is 1. The van der Waals surface area contributed by atoms with Crippen LogP contribution in [-0.2, 0) is 4.79 Å². The van der Waals surface area contributed by atoms with Crippen LogP contribution in [0.15, 0.2) is 18.2 Å². The van der Waals surface area contributed by atoms with Crippen molar-refractivity contribution in [3.8, 4) is 11.5 Å². The van der Waals surface area contributed by atoms with Gasteiger partial charge in [-0.2, -0.15) is 4.39 Å². The number of ether oxygens (including phenoxy) is 2. The van der Waals surface area contributed by atoms with Crippen LogP contribution in [0.25, 0.3) is 0 Å². The molecule has 1 aromatic rings. The van der Waals surface area contributed by atoms with E-state index in [1.165, 1.54) is 13.0 Å². The Morgan fingerprint density at radius 2 is 1.96 bits per heavy atom. The Bertz CT molecular complexity index is 564. The number of aryl methyl sites for hydroxylation is 1. The number of hydrogen-bond acceptors (Lipinski definition) is 4. The molecule has 1 aliphatic carbocycles. The molecule has 0 aromatic heterocycles. The zero-order valence-corrected chi connectivity index (χ0v) is 15.0. The molecule has 4 nitrogen and oxygen atoms in total. The van der Waals surface area contributed by atoms with Crippen LogP contribution in [0.3, 0.4) is 0 Å². The molecule has 1 aromatic carbocycles. The second-order valence-corrected chi connectivity index (χ2v) is 6.29. The SMILES string of the molecule is CC.CN1CCC2CCC(=O)CC21.Cc1cccc2c1OC(F)O2. The van der Waals surface area contributed by atoms with Crippen molar-refractivity contribution in [3.05, 3.63) is 23.8 Å². The minimum absolute atomic E-state index is 0.472. The van der Waals surface area contributed by atoms with Gasteiger partial charge in [-0.3, -0.25) is 4.79 Å². The van der Waals surface area contributed by atoms with Gasteiger partial charge in [-0.15, -0.1) is 0 Å². The molecule has 1 saturated carbocycles. The first-order valence-corrected chi connectivity index (χ1v) is 8.83. The van der Waals surface area contributed by atoms with Crippen molar-refractivity contribution in [1.82, 2.24) is 4.90 Å². The number of halogens is 1. The highest BCUT2D eigenvalue weighted by Crippen LogP contribution is 2.37. The van der Waals surface area contributed by atoms with Crippen molar-refractivity contribution >= 4 is 5.78 Å². The highest BCUT2D eigenvalue weighted by atomic mass is 19.2. The van der Waals surface area contributed by atoms with Crippen LogP contribution in [0.2, 0.25) is 0 Å². The summed E-state index contributed by atoms with van der Waals surface area (Å²) in [6.45, 7) is 5.41. The lowest BCUT2D eigenvalue weighted by molar-refractivity contribution is -0.122. The van der Waals surface area contributed by atoms with Crippen molar-refractivity contribution in [2.75, 3.05) is 13.6 Å². The maximum Gasteiger partial charge on any atom is 0.397 e. The minimum Gasteiger partial charge on any atom is -0.425 e. The molecule has 3 atom stereocenters. The number of benzene rings is 1. The van der Waals surface area contributed by atoms with Crippen LogP contribution < -0.4 is 9.47 Å². The Morgan fingerprint density at radius 3 is 2.67 bits per heavy atom. The van der Waals surface area contributed by atoms with E-state index in [9.17, 15) is 9.18 Å². The highest BCUT2D eigenvalue weighted by Gasteiger charge is 2.36. The van der Waals surface area contributed by atoms with E-state index in [2.05, 4.69) is 11.9 Å². The minimum atomic E-state index is -1.63. The van der Waals surface area contributed by atoms with Gasteiger partial charge in [0.1, 0.15) is 5.78 Å². The number of Topliss-reactive ketones (excluding diaryl/α,β-unsaturated/α-hetero) is 1. The van der Waals surface area contributed by atoms with E-state index in [0.29, 0.717) is 23.3 Å². The van der Waals surface area contributed by atoms with Crippen LogP contribution in [0, 0.1) is 12.8 Å². The van der Waals surface area contributed by atoms with Gasteiger partial charge in [0.25, 0.3) is 0 Å². The van der Waals surface area contributed by atoms with Gasteiger partial charge in [-0.25, -0.2) is 0 Å². The summed E-state index contributed by atoms with van der Waals surface area (Å²) in [5, 5.41) is 0. The standard InChI is InChI=1S/C9H15NO.C8H7FO2.C2H6/c1-10-5-4-7-2-3-8(11)6-9(7)10;1-5-3-2-4-6-7(5)11-8(9)10-6;1-2/h7,9H,2-6H2,1H3;2-4,8H,1H3;1-2H3. The summed E-state index contributed by atoms with van der Waals surface area (Å²) in [6, 6.07) is 5.92. The maximum atomic E-state index is 12.5. The zero-order valence-electron chi connectivity index (χ0n) is 15.0. The fraction of sp³-hybridized carbons (Fsp3) is 0.632. The van der Waals surface area contributed by atoms with Crippen molar-refractivity contribution < 1.29 is 18.7 Å². The van der Waals surface area contributed by atoms with Crippen LogP contribution in [0.4, 0.5) is 4.39 Å². The third-order valence-electron chi connectivity index (χ3n) is 4.80. The predicted molar refractivity (Wildman–Crippen MR) is 92.1 cm³/mol. The average Bonchev–Trinajstić information content (AvgIpc) is 3.14. The number of carbonyl (C=O) groups is 1. The summed E-state index contributed by atoms with van der Waals surface area (Å²) in [4.78, 5) is 13.5. The summed E-state index contributed by atoms with van der Waals surface area (Å²) in [6.07, 6.45) is 4.12. The lowest BCUT2D eigenvalue weighted by Gasteiger charge is -2.28. The maximum absolute atomic E-state index is 12.5. The van der Waals surface area contributed by atoms with Crippen LogP contribution >= 0.6 is 0 Å². The van der Waals surface area contributed by atoms with E-state index in [1.807, 2.05) is 26.8 Å². The van der Waals surface area contributed by atoms with Gasteiger partial charge in [0.2, 0.25) is 0 Å². The molecule has 0 amide bonds. The Balaban J connectivity index is 0.000000158.